The van der Waals surface area contributed by atoms with Gasteiger partial charge in [0.2, 0.25) is 5.91 Å². The Morgan fingerprint density at radius 2 is 1.67 bits per heavy atom. The fraction of sp³-hybridized carbons (Fsp3) is 0.364. The van der Waals surface area contributed by atoms with Crippen molar-refractivity contribution in [1.29, 1.82) is 0 Å². The molecule has 2 aromatic rings. The minimum atomic E-state index is -0.340. The van der Waals surface area contributed by atoms with E-state index in [1.165, 1.54) is 12.7 Å². The highest BCUT2D eigenvalue weighted by atomic mass is 16.5. The van der Waals surface area contributed by atoms with Crippen LogP contribution in [-0.4, -0.2) is 25.5 Å². The topological polar surface area (TPSA) is 67.4 Å². The van der Waals surface area contributed by atoms with E-state index in [0.717, 1.165) is 12.0 Å². The van der Waals surface area contributed by atoms with Gasteiger partial charge in [0.25, 0.3) is 5.91 Å². The predicted molar refractivity (Wildman–Crippen MR) is 107 cm³/mol. The van der Waals surface area contributed by atoms with Gasteiger partial charge in [-0.25, -0.2) is 0 Å². The highest BCUT2D eigenvalue weighted by Crippen LogP contribution is 2.17. The first-order valence-electron chi connectivity index (χ1n) is 9.20. The third kappa shape index (κ3) is 6.13. The summed E-state index contributed by atoms with van der Waals surface area (Å²) >= 11 is 0. The minimum absolute atomic E-state index is 0.0906. The van der Waals surface area contributed by atoms with Gasteiger partial charge in [-0.2, -0.15) is 0 Å². The van der Waals surface area contributed by atoms with Crippen LogP contribution in [0.3, 0.4) is 0 Å². The highest BCUT2D eigenvalue weighted by Gasteiger charge is 2.14. The van der Waals surface area contributed by atoms with Gasteiger partial charge >= 0.3 is 0 Å². The number of amides is 2. The standard InChI is InChI=1S/C22H28N2O3/c1-15(2)13-17-9-11-18(12-10-17)16(3)24-21(25)14-23-22(26)19-7-5-6-8-20(19)27-4/h5-12,15-16H,13-14H2,1-4H3,(H,23,26)(H,24,25). The molecular weight excluding hydrogens is 340 g/mol. The fourth-order valence-corrected chi connectivity index (χ4v) is 2.88. The molecule has 0 aliphatic carbocycles. The zero-order valence-electron chi connectivity index (χ0n) is 16.4. The van der Waals surface area contributed by atoms with Crippen LogP contribution in [0.5, 0.6) is 5.75 Å². The zero-order valence-corrected chi connectivity index (χ0v) is 16.4. The first-order valence-corrected chi connectivity index (χ1v) is 9.20. The molecule has 0 fully saturated rings. The van der Waals surface area contributed by atoms with Crippen molar-refractivity contribution in [3.05, 3.63) is 65.2 Å². The minimum Gasteiger partial charge on any atom is -0.496 e. The summed E-state index contributed by atoms with van der Waals surface area (Å²) in [4.78, 5) is 24.4. The second kappa shape index (κ2) is 9.76. The SMILES string of the molecule is COc1ccccc1C(=O)NCC(=O)NC(C)c1ccc(CC(C)C)cc1. The van der Waals surface area contributed by atoms with E-state index in [9.17, 15) is 9.59 Å². The van der Waals surface area contributed by atoms with Crippen molar-refractivity contribution >= 4 is 11.8 Å². The first kappa shape index (κ1) is 20.5. The van der Waals surface area contributed by atoms with Gasteiger partial charge in [0, 0.05) is 0 Å². The normalized spacial score (nSPS) is 11.7. The largest absolute Gasteiger partial charge is 0.496 e. The molecule has 5 heteroatoms. The van der Waals surface area contributed by atoms with Crippen molar-refractivity contribution in [3.8, 4) is 5.75 Å². The molecule has 1 unspecified atom stereocenters. The van der Waals surface area contributed by atoms with Crippen LogP contribution in [0.2, 0.25) is 0 Å². The molecule has 0 radical (unpaired) electrons. The Kier molecular flexibility index (Phi) is 7.41. The van der Waals surface area contributed by atoms with Crippen LogP contribution in [0, 0.1) is 5.92 Å². The maximum Gasteiger partial charge on any atom is 0.255 e. The van der Waals surface area contributed by atoms with Gasteiger partial charge in [0.15, 0.2) is 0 Å². The number of rotatable bonds is 8. The van der Waals surface area contributed by atoms with Crippen molar-refractivity contribution in [3.63, 3.8) is 0 Å². The number of hydrogen-bond donors (Lipinski definition) is 2. The summed E-state index contributed by atoms with van der Waals surface area (Å²) in [5.74, 6) is 0.510. The smallest absolute Gasteiger partial charge is 0.255 e. The number of methoxy groups -OCH3 is 1. The molecule has 0 saturated heterocycles. The fourth-order valence-electron chi connectivity index (χ4n) is 2.88. The zero-order chi connectivity index (χ0) is 19.8. The molecule has 2 N–H and O–H groups in total. The van der Waals surface area contributed by atoms with Gasteiger partial charge in [0.1, 0.15) is 5.75 Å². The molecule has 0 spiro atoms. The number of para-hydroxylation sites is 1. The number of nitrogens with one attached hydrogen (secondary N) is 2. The number of carbonyl (C=O) groups excluding carboxylic acids is 2. The number of hydrogen-bond acceptors (Lipinski definition) is 3. The van der Waals surface area contributed by atoms with Crippen LogP contribution in [0.4, 0.5) is 0 Å². The molecule has 0 aliphatic rings. The van der Waals surface area contributed by atoms with Gasteiger partial charge in [-0.15, -0.1) is 0 Å². The summed E-state index contributed by atoms with van der Waals surface area (Å²) in [6.07, 6.45) is 1.04. The summed E-state index contributed by atoms with van der Waals surface area (Å²) in [5, 5.41) is 5.54. The molecule has 2 rings (SSSR count). The van der Waals surface area contributed by atoms with Gasteiger partial charge in [-0.1, -0.05) is 50.2 Å². The second-order valence-corrected chi connectivity index (χ2v) is 7.01. The summed E-state index contributed by atoms with van der Waals surface area (Å²) in [5.41, 5.74) is 2.73. The van der Waals surface area contributed by atoms with Gasteiger partial charge < -0.3 is 15.4 Å². The Morgan fingerprint density at radius 3 is 2.30 bits per heavy atom. The molecule has 1 atom stereocenters. The van der Waals surface area contributed by atoms with Gasteiger partial charge in [-0.05, 0) is 42.5 Å². The molecular formula is C22H28N2O3. The Bertz CT molecular complexity index is 769. The van der Waals surface area contributed by atoms with Crippen LogP contribution < -0.4 is 15.4 Å². The lowest BCUT2D eigenvalue weighted by Gasteiger charge is -2.16. The Balaban J connectivity index is 1.86. The van der Waals surface area contributed by atoms with Crippen LogP contribution in [-0.2, 0) is 11.2 Å². The van der Waals surface area contributed by atoms with Gasteiger partial charge in [0.05, 0.1) is 25.3 Å². The molecule has 2 amide bonds. The van der Waals surface area contributed by atoms with Crippen molar-refractivity contribution in [2.75, 3.05) is 13.7 Å². The summed E-state index contributed by atoms with van der Waals surface area (Å²) in [6.45, 7) is 6.22. The summed E-state index contributed by atoms with van der Waals surface area (Å²) in [6, 6.07) is 15.1. The second-order valence-electron chi connectivity index (χ2n) is 7.01. The van der Waals surface area contributed by atoms with Crippen LogP contribution in [0.15, 0.2) is 48.5 Å². The molecule has 0 heterocycles. The third-order valence-corrected chi connectivity index (χ3v) is 4.26. The maximum atomic E-state index is 12.2. The Morgan fingerprint density at radius 1 is 1.00 bits per heavy atom. The molecule has 0 saturated carbocycles. The van der Waals surface area contributed by atoms with Crippen LogP contribution >= 0.6 is 0 Å². The van der Waals surface area contributed by atoms with Crippen molar-refractivity contribution in [2.24, 2.45) is 5.92 Å². The van der Waals surface area contributed by atoms with Crippen LogP contribution in [0.1, 0.15) is 48.3 Å². The average molecular weight is 368 g/mol. The lowest BCUT2D eigenvalue weighted by Crippen LogP contribution is -2.38. The van der Waals surface area contributed by atoms with E-state index in [1.807, 2.05) is 19.1 Å². The molecule has 0 aliphatic heterocycles. The molecule has 0 aromatic heterocycles. The predicted octanol–water partition coefficient (Wildman–Crippen LogP) is 3.50. The molecule has 27 heavy (non-hydrogen) atoms. The Labute approximate surface area is 161 Å². The van der Waals surface area contributed by atoms with E-state index >= 15 is 0 Å². The van der Waals surface area contributed by atoms with Gasteiger partial charge in [-0.3, -0.25) is 9.59 Å². The van der Waals surface area contributed by atoms with Crippen LogP contribution in [0.25, 0.3) is 0 Å². The Hall–Kier alpha value is -2.82. The average Bonchev–Trinajstić information content (AvgIpc) is 2.66. The van der Waals surface area contributed by atoms with E-state index in [0.29, 0.717) is 17.2 Å². The maximum absolute atomic E-state index is 12.2. The molecule has 2 aromatic carbocycles. The lowest BCUT2D eigenvalue weighted by molar-refractivity contribution is -0.120. The number of carbonyl (C=O) groups is 2. The third-order valence-electron chi connectivity index (χ3n) is 4.26. The highest BCUT2D eigenvalue weighted by molar-refractivity contribution is 5.98. The molecule has 5 nitrogen and oxygen atoms in total. The van der Waals surface area contributed by atoms with Crippen molar-refractivity contribution < 1.29 is 14.3 Å². The first-order chi connectivity index (χ1) is 12.9. The summed E-state index contributed by atoms with van der Waals surface area (Å²) in [7, 11) is 1.51. The van der Waals surface area contributed by atoms with Crippen molar-refractivity contribution in [1.82, 2.24) is 10.6 Å². The summed E-state index contributed by atoms with van der Waals surface area (Å²) < 4.78 is 5.17. The van der Waals surface area contributed by atoms with E-state index in [-0.39, 0.29) is 24.4 Å². The molecule has 0 bridgehead atoms. The van der Waals surface area contributed by atoms with E-state index in [2.05, 4.69) is 36.6 Å². The van der Waals surface area contributed by atoms with E-state index in [4.69, 9.17) is 4.74 Å². The van der Waals surface area contributed by atoms with Crippen molar-refractivity contribution in [2.45, 2.75) is 33.2 Å². The lowest BCUT2D eigenvalue weighted by atomic mass is 10.00. The number of benzene rings is 2. The van der Waals surface area contributed by atoms with E-state index < -0.39 is 0 Å². The quantitative estimate of drug-likeness (QED) is 0.749. The number of ether oxygens (including phenoxy) is 1. The van der Waals surface area contributed by atoms with E-state index in [1.54, 1.807) is 24.3 Å². The molecule has 144 valence electrons. The monoisotopic (exact) mass is 368 g/mol.